The highest BCUT2D eigenvalue weighted by molar-refractivity contribution is 7.89. The Labute approximate surface area is 119 Å². The van der Waals surface area contributed by atoms with Crippen molar-refractivity contribution in [2.45, 2.75) is 25.2 Å². The predicted octanol–water partition coefficient (Wildman–Crippen LogP) is 2.10. The standard InChI is InChI=1S/C14H18N2O3S/c1-3-19-13-6-8-14(9-7-13)20(17,18)16-15-12-5-4-11(2)10-12/h5-10,15-16H,3-4H2,1-2H3. The van der Waals surface area contributed by atoms with Gasteiger partial charge in [-0.25, -0.2) is 8.42 Å². The fraction of sp³-hybridized carbons (Fsp3) is 0.286. The lowest BCUT2D eigenvalue weighted by molar-refractivity contribution is 0.340. The number of hydrogen-bond acceptors (Lipinski definition) is 4. The summed E-state index contributed by atoms with van der Waals surface area (Å²) in [7, 11) is -3.58. The van der Waals surface area contributed by atoms with Crippen LogP contribution in [0, 0.1) is 0 Å². The van der Waals surface area contributed by atoms with Gasteiger partial charge in [-0.15, -0.1) is 4.83 Å². The fourth-order valence-corrected chi connectivity index (χ4v) is 2.67. The zero-order valence-corrected chi connectivity index (χ0v) is 12.3. The predicted molar refractivity (Wildman–Crippen MR) is 77.5 cm³/mol. The highest BCUT2D eigenvalue weighted by Crippen LogP contribution is 2.16. The molecule has 0 amide bonds. The Morgan fingerprint density at radius 2 is 1.95 bits per heavy atom. The van der Waals surface area contributed by atoms with Crippen LogP contribution in [0.15, 0.2) is 52.6 Å². The molecule has 6 heteroatoms. The largest absolute Gasteiger partial charge is 0.494 e. The molecule has 5 nitrogen and oxygen atoms in total. The minimum absolute atomic E-state index is 0.188. The molecule has 0 spiro atoms. The number of sulfonamides is 1. The molecule has 0 radical (unpaired) electrons. The fourth-order valence-electron chi connectivity index (χ4n) is 1.81. The maximum Gasteiger partial charge on any atom is 0.257 e. The van der Waals surface area contributed by atoms with Crippen LogP contribution in [0.2, 0.25) is 0 Å². The van der Waals surface area contributed by atoms with Gasteiger partial charge in [0.15, 0.2) is 0 Å². The van der Waals surface area contributed by atoms with Gasteiger partial charge in [-0.05, 0) is 50.6 Å². The van der Waals surface area contributed by atoms with Gasteiger partial charge < -0.3 is 10.2 Å². The second-order valence-corrected chi connectivity index (χ2v) is 6.17. The number of hydrazine groups is 1. The molecule has 0 atom stereocenters. The van der Waals surface area contributed by atoms with E-state index in [9.17, 15) is 8.42 Å². The van der Waals surface area contributed by atoms with Crippen LogP contribution in [0.5, 0.6) is 5.75 Å². The number of rotatable bonds is 6. The molecule has 0 heterocycles. The summed E-state index contributed by atoms with van der Waals surface area (Å²) in [5.74, 6) is 0.650. The Kier molecular flexibility index (Phi) is 4.46. The van der Waals surface area contributed by atoms with Gasteiger partial charge in [-0.3, -0.25) is 0 Å². The van der Waals surface area contributed by atoms with Crippen LogP contribution in [-0.4, -0.2) is 15.0 Å². The highest BCUT2D eigenvalue weighted by Gasteiger charge is 2.14. The van der Waals surface area contributed by atoms with Crippen LogP contribution in [0.3, 0.4) is 0 Å². The normalized spacial score (nSPS) is 14.7. The Morgan fingerprint density at radius 1 is 1.25 bits per heavy atom. The first-order chi connectivity index (χ1) is 9.51. The second kappa shape index (κ2) is 6.11. The summed E-state index contributed by atoms with van der Waals surface area (Å²) in [5, 5.41) is 0. The lowest BCUT2D eigenvalue weighted by Crippen LogP contribution is -2.36. The van der Waals surface area contributed by atoms with Crippen LogP contribution in [-0.2, 0) is 10.0 Å². The third-order valence-electron chi connectivity index (χ3n) is 2.82. The molecule has 0 saturated carbocycles. The number of benzene rings is 1. The average Bonchev–Trinajstić information content (AvgIpc) is 2.84. The van der Waals surface area contributed by atoms with E-state index in [0.29, 0.717) is 12.4 Å². The lowest BCUT2D eigenvalue weighted by Gasteiger charge is -2.10. The minimum Gasteiger partial charge on any atom is -0.494 e. The van der Waals surface area contributed by atoms with Crippen molar-refractivity contribution < 1.29 is 13.2 Å². The van der Waals surface area contributed by atoms with E-state index >= 15 is 0 Å². The van der Waals surface area contributed by atoms with Gasteiger partial charge in [0.05, 0.1) is 11.5 Å². The van der Waals surface area contributed by atoms with Gasteiger partial charge in [0.25, 0.3) is 10.0 Å². The van der Waals surface area contributed by atoms with E-state index in [0.717, 1.165) is 12.1 Å². The molecule has 1 aliphatic carbocycles. The summed E-state index contributed by atoms with van der Waals surface area (Å²) in [6.07, 6.45) is 4.67. The molecule has 0 saturated heterocycles. The molecule has 0 bridgehead atoms. The topological polar surface area (TPSA) is 67.4 Å². The van der Waals surface area contributed by atoms with Crippen molar-refractivity contribution in [2.75, 3.05) is 6.61 Å². The highest BCUT2D eigenvalue weighted by atomic mass is 32.2. The first kappa shape index (κ1) is 14.6. The van der Waals surface area contributed by atoms with Crippen LogP contribution in [0.1, 0.15) is 20.3 Å². The van der Waals surface area contributed by atoms with E-state index < -0.39 is 10.0 Å². The number of nitrogens with one attached hydrogen (secondary N) is 2. The average molecular weight is 294 g/mol. The number of hydrogen-bond donors (Lipinski definition) is 2. The van der Waals surface area contributed by atoms with Crippen LogP contribution in [0.25, 0.3) is 0 Å². The molecule has 1 aromatic carbocycles. The van der Waals surface area contributed by atoms with Crippen molar-refractivity contribution in [2.24, 2.45) is 0 Å². The Hall–Kier alpha value is -1.79. The van der Waals surface area contributed by atoms with E-state index in [1.165, 1.54) is 17.7 Å². The summed E-state index contributed by atoms with van der Waals surface area (Å²) in [6.45, 7) is 4.42. The maximum atomic E-state index is 12.1. The molecule has 0 unspecified atom stereocenters. The Bertz CT molecular complexity index is 631. The molecule has 0 fully saturated rings. The molecule has 20 heavy (non-hydrogen) atoms. The first-order valence-electron chi connectivity index (χ1n) is 6.39. The summed E-state index contributed by atoms with van der Waals surface area (Å²) < 4.78 is 29.4. The second-order valence-electron chi connectivity index (χ2n) is 4.49. The van der Waals surface area contributed by atoms with Crippen molar-refractivity contribution in [3.8, 4) is 5.75 Å². The van der Waals surface area contributed by atoms with Crippen molar-refractivity contribution in [3.05, 3.63) is 47.7 Å². The van der Waals surface area contributed by atoms with E-state index in [2.05, 4.69) is 10.3 Å². The molecule has 2 N–H and O–H groups in total. The van der Waals surface area contributed by atoms with Crippen molar-refractivity contribution in [3.63, 3.8) is 0 Å². The molecule has 0 aromatic heterocycles. The summed E-state index contributed by atoms with van der Waals surface area (Å²) in [4.78, 5) is 2.55. The minimum atomic E-state index is -3.58. The van der Waals surface area contributed by atoms with E-state index in [1.54, 1.807) is 12.1 Å². The molecular weight excluding hydrogens is 276 g/mol. The van der Waals surface area contributed by atoms with Crippen LogP contribution >= 0.6 is 0 Å². The monoisotopic (exact) mass is 294 g/mol. The smallest absolute Gasteiger partial charge is 0.257 e. The van der Waals surface area contributed by atoms with Gasteiger partial charge in [0, 0.05) is 5.70 Å². The van der Waals surface area contributed by atoms with E-state index in [4.69, 9.17) is 4.74 Å². The first-order valence-corrected chi connectivity index (χ1v) is 7.87. The third kappa shape index (κ3) is 3.61. The Balaban J connectivity index is 2.02. The van der Waals surface area contributed by atoms with Gasteiger partial charge >= 0.3 is 0 Å². The lowest BCUT2D eigenvalue weighted by atomic mass is 10.3. The molecule has 108 valence electrons. The van der Waals surface area contributed by atoms with Gasteiger partial charge in [-0.1, -0.05) is 11.6 Å². The number of ether oxygens (including phenoxy) is 1. The van der Waals surface area contributed by atoms with Crippen molar-refractivity contribution >= 4 is 10.0 Å². The van der Waals surface area contributed by atoms with E-state index in [-0.39, 0.29) is 4.90 Å². The van der Waals surface area contributed by atoms with Gasteiger partial charge in [0.1, 0.15) is 5.75 Å². The van der Waals surface area contributed by atoms with E-state index in [1.807, 2.05) is 26.0 Å². The zero-order chi connectivity index (χ0) is 14.6. The van der Waals surface area contributed by atoms with Gasteiger partial charge in [-0.2, -0.15) is 0 Å². The van der Waals surface area contributed by atoms with Crippen molar-refractivity contribution in [1.29, 1.82) is 0 Å². The SMILES string of the molecule is CCOc1ccc(S(=O)(=O)NNC2=CCC(C)=C2)cc1. The van der Waals surface area contributed by atoms with Gasteiger partial charge in [0.2, 0.25) is 0 Å². The third-order valence-corrected chi connectivity index (χ3v) is 4.08. The van der Waals surface area contributed by atoms with Crippen LogP contribution < -0.4 is 15.0 Å². The number of allylic oxidation sites excluding steroid dienone is 3. The molecule has 2 rings (SSSR count). The summed E-state index contributed by atoms with van der Waals surface area (Å²) in [6, 6.07) is 6.30. The molecule has 1 aromatic rings. The molecule has 1 aliphatic rings. The maximum absolute atomic E-state index is 12.1. The van der Waals surface area contributed by atoms with Crippen molar-refractivity contribution in [1.82, 2.24) is 10.3 Å². The molecule has 0 aliphatic heterocycles. The Morgan fingerprint density at radius 3 is 2.50 bits per heavy atom. The van der Waals surface area contributed by atoms with Crippen LogP contribution in [0.4, 0.5) is 0 Å². The zero-order valence-electron chi connectivity index (χ0n) is 11.5. The summed E-state index contributed by atoms with van der Waals surface area (Å²) in [5.41, 5.74) is 4.65. The molecular formula is C14H18N2O3S. The quantitative estimate of drug-likeness (QED) is 0.789. The summed E-state index contributed by atoms with van der Waals surface area (Å²) >= 11 is 0.